The third kappa shape index (κ3) is 4.24. The second kappa shape index (κ2) is 6.27. The van der Waals surface area contributed by atoms with Gasteiger partial charge in [-0.3, -0.25) is 9.69 Å². The van der Waals surface area contributed by atoms with Crippen LogP contribution in [0.5, 0.6) is 0 Å². The molecule has 0 saturated carbocycles. The Morgan fingerprint density at radius 3 is 3.00 bits per heavy atom. The van der Waals surface area contributed by atoms with Crippen LogP contribution in [0, 0.1) is 0 Å². The zero-order valence-corrected chi connectivity index (χ0v) is 10.7. The third-order valence-corrected chi connectivity index (χ3v) is 3.04. The first-order chi connectivity index (χ1) is 9.46. The predicted molar refractivity (Wildman–Crippen MR) is 64.9 cm³/mol. The molecule has 112 valence electrons. The highest BCUT2D eigenvalue weighted by Crippen LogP contribution is 2.19. The zero-order valence-electron chi connectivity index (χ0n) is 10.7. The van der Waals surface area contributed by atoms with E-state index in [0.29, 0.717) is 0 Å². The summed E-state index contributed by atoms with van der Waals surface area (Å²) in [5.41, 5.74) is 0.789. The van der Waals surface area contributed by atoms with Crippen molar-refractivity contribution >= 4 is 5.91 Å². The van der Waals surface area contributed by atoms with Crippen LogP contribution in [0.3, 0.4) is 0 Å². The molecule has 8 heteroatoms. The van der Waals surface area contributed by atoms with E-state index in [1.807, 2.05) is 0 Å². The van der Waals surface area contributed by atoms with Gasteiger partial charge < -0.3 is 15.0 Å². The van der Waals surface area contributed by atoms with Gasteiger partial charge in [-0.25, -0.2) is 0 Å². The number of ether oxygens (including phenoxy) is 1. The molecule has 1 saturated heterocycles. The number of morpholine rings is 1. The Labute approximate surface area is 114 Å². The van der Waals surface area contributed by atoms with Crippen molar-refractivity contribution in [1.82, 2.24) is 15.2 Å². The lowest BCUT2D eigenvalue weighted by molar-refractivity contribution is -0.166. The summed E-state index contributed by atoms with van der Waals surface area (Å²) in [6, 6.07) is 2.66. The van der Waals surface area contributed by atoms with E-state index in [1.165, 1.54) is 0 Å². The largest absolute Gasteiger partial charge is 0.401 e. The molecule has 20 heavy (non-hydrogen) atoms. The number of hydrogen-bond acceptors (Lipinski definition) is 3. The number of rotatable bonds is 4. The van der Waals surface area contributed by atoms with Gasteiger partial charge in [-0.2, -0.15) is 13.2 Å². The molecule has 0 spiro atoms. The van der Waals surface area contributed by atoms with Gasteiger partial charge in [-0.1, -0.05) is 0 Å². The lowest BCUT2D eigenvalue weighted by atomic mass is 10.2. The average Bonchev–Trinajstić information content (AvgIpc) is 2.88. The fourth-order valence-electron chi connectivity index (χ4n) is 2.08. The van der Waals surface area contributed by atoms with Crippen molar-refractivity contribution in [2.45, 2.75) is 18.8 Å². The van der Waals surface area contributed by atoms with Crippen LogP contribution in [0.25, 0.3) is 0 Å². The number of amides is 1. The normalized spacial score (nSPS) is 20.9. The SMILES string of the molecule is O=C(NCc1ccc[nH]1)[C@@H]1COCCN1CC(F)(F)F. The maximum Gasteiger partial charge on any atom is 0.401 e. The van der Waals surface area contributed by atoms with E-state index in [2.05, 4.69) is 10.3 Å². The molecular formula is C12H16F3N3O2. The third-order valence-electron chi connectivity index (χ3n) is 3.04. The Balaban J connectivity index is 1.91. The van der Waals surface area contributed by atoms with Gasteiger partial charge >= 0.3 is 6.18 Å². The Hall–Kier alpha value is -1.54. The smallest absolute Gasteiger partial charge is 0.378 e. The summed E-state index contributed by atoms with van der Waals surface area (Å²) in [4.78, 5) is 16.0. The molecule has 1 amide bonds. The molecule has 0 unspecified atom stereocenters. The second-order valence-electron chi connectivity index (χ2n) is 4.59. The molecule has 1 atom stereocenters. The molecular weight excluding hydrogens is 275 g/mol. The number of aromatic amines is 1. The number of nitrogens with zero attached hydrogens (tertiary/aromatic N) is 1. The van der Waals surface area contributed by atoms with Crippen LogP contribution in [0.2, 0.25) is 0 Å². The standard InChI is InChI=1S/C12H16F3N3O2/c13-12(14,15)8-18-4-5-20-7-10(18)11(19)17-6-9-2-1-3-16-9/h1-3,10,16H,4-8H2,(H,17,19)/t10-/m0/s1. The first kappa shape index (κ1) is 14.9. The van der Waals surface area contributed by atoms with E-state index in [4.69, 9.17) is 4.74 Å². The van der Waals surface area contributed by atoms with Gasteiger partial charge in [0.2, 0.25) is 5.91 Å². The van der Waals surface area contributed by atoms with Gasteiger partial charge in [0.25, 0.3) is 0 Å². The minimum atomic E-state index is -4.32. The van der Waals surface area contributed by atoms with Crippen LogP contribution in [0.4, 0.5) is 13.2 Å². The maximum atomic E-state index is 12.5. The number of carbonyl (C=O) groups is 1. The van der Waals surface area contributed by atoms with Crippen molar-refractivity contribution in [1.29, 1.82) is 0 Å². The summed E-state index contributed by atoms with van der Waals surface area (Å²) < 4.78 is 42.5. The Morgan fingerprint density at radius 2 is 2.35 bits per heavy atom. The van der Waals surface area contributed by atoms with Crippen molar-refractivity contribution in [2.75, 3.05) is 26.3 Å². The van der Waals surface area contributed by atoms with E-state index in [9.17, 15) is 18.0 Å². The molecule has 0 radical (unpaired) electrons. The van der Waals surface area contributed by atoms with Crippen molar-refractivity contribution in [3.05, 3.63) is 24.0 Å². The van der Waals surface area contributed by atoms with Gasteiger partial charge in [0.05, 0.1) is 26.3 Å². The topological polar surface area (TPSA) is 57.4 Å². The Kier molecular flexibility index (Phi) is 4.66. The van der Waals surface area contributed by atoms with Crippen LogP contribution in [-0.4, -0.2) is 54.3 Å². The minimum Gasteiger partial charge on any atom is -0.378 e. The molecule has 5 nitrogen and oxygen atoms in total. The zero-order chi connectivity index (χ0) is 14.6. The van der Waals surface area contributed by atoms with Crippen molar-refractivity contribution in [2.24, 2.45) is 0 Å². The molecule has 1 aromatic heterocycles. The highest BCUT2D eigenvalue weighted by Gasteiger charge is 2.38. The number of aromatic nitrogens is 1. The Morgan fingerprint density at radius 1 is 1.55 bits per heavy atom. The molecule has 2 N–H and O–H groups in total. The number of alkyl halides is 3. The molecule has 1 aliphatic heterocycles. The van der Waals surface area contributed by atoms with Crippen LogP contribution >= 0.6 is 0 Å². The van der Waals surface area contributed by atoms with E-state index >= 15 is 0 Å². The van der Waals surface area contributed by atoms with Gasteiger partial charge in [0, 0.05) is 18.4 Å². The fraction of sp³-hybridized carbons (Fsp3) is 0.583. The maximum absolute atomic E-state index is 12.5. The molecule has 1 aliphatic rings. The number of H-pyrrole nitrogens is 1. The van der Waals surface area contributed by atoms with Crippen molar-refractivity contribution in [3.63, 3.8) is 0 Å². The van der Waals surface area contributed by atoms with E-state index < -0.39 is 24.7 Å². The number of nitrogens with one attached hydrogen (secondary N) is 2. The molecule has 2 heterocycles. The fourth-order valence-corrected chi connectivity index (χ4v) is 2.08. The van der Waals surface area contributed by atoms with Gasteiger partial charge in [0.1, 0.15) is 6.04 Å². The molecule has 2 rings (SSSR count). The summed E-state index contributed by atoms with van der Waals surface area (Å²) in [6.45, 7) is -0.567. The Bertz CT molecular complexity index is 434. The second-order valence-corrected chi connectivity index (χ2v) is 4.59. The lowest BCUT2D eigenvalue weighted by Gasteiger charge is -2.34. The van der Waals surface area contributed by atoms with Crippen LogP contribution in [0.15, 0.2) is 18.3 Å². The molecule has 1 fully saturated rings. The summed E-state index contributed by atoms with van der Waals surface area (Å²) in [5, 5.41) is 2.61. The first-order valence-electron chi connectivity index (χ1n) is 6.24. The molecule has 0 aliphatic carbocycles. The molecule has 0 bridgehead atoms. The van der Waals surface area contributed by atoms with Crippen LogP contribution < -0.4 is 5.32 Å². The van der Waals surface area contributed by atoms with E-state index in [-0.39, 0.29) is 26.3 Å². The van der Waals surface area contributed by atoms with E-state index in [1.54, 1.807) is 18.3 Å². The van der Waals surface area contributed by atoms with Crippen LogP contribution in [0.1, 0.15) is 5.69 Å². The quantitative estimate of drug-likeness (QED) is 0.866. The summed E-state index contributed by atoms with van der Waals surface area (Å²) >= 11 is 0. The number of carbonyl (C=O) groups excluding carboxylic acids is 1. The van der Waals surface area contributed by atoms with E-state index in [0.717, 1.165) is 10.6 Å². The van der Waals surface area contributed by atoms with Crippen LogP contribution in [-0.2, 0) is 16.1 Å². The number of hydrogen-bond donors (Lipinski definition) is 2. The predicted octanol–water partition coefficient (Wildman–Crippen LogP) is 0.894. The summed E-state index contributed by atoms with van der Waals surface area (Å²) in [5.74, 6) is -0.455. The van der Waals surface area contributed by atoms with Gasteiger partial charge in [-0.15, -0.1) is 0 Å². The summed E-state index contributed by atoms with van der Waals surface area (Å²) in [6.07, 6.45) is -2.61. The lowest BCUT2D eigenvalue weighted by Crippen LogP contribution is -2.55. The van der Waals surface area contributed by atoms with Crippen molar-refractivity contribution < 1.29 is 22.7 Å². The minimum absolute atomic E-state index is 0.0212. The highest BCUT2D eigenvalue weighted by molar-refractivity contribution is 5.82. The van der Waals surface area contributed by atoms with Gasteiger partial charge in [0.15, 0.2) is 0 Å². The highest BCUT2D eigenvalue weighted by atomic mass is 19.4. The number of halogens is 3. The van der Waals surface area contributed by atoms with Gasteiger partial charge in [-0.05, 0) is 12.1 Å². The van der Waals surface area contributed by atoms with Crippen molar-refractivity contribution in [3.8, 4) is 0 Å². The molecule has 1 aromatic rings. The monoisotopic (exact) mass is 291 g/mol. The molecule has 0 aromatic carbocycles. The first-order valence-corrected chi connectivity index (χ1v) is 6.24. The average molecular weight is 291 g/mol. The summed E-state index contributed by atoms with van der Waals surface area (Å²) in [7, 11) is 0.